The average molecular weight is 312 g/mol. The van der Waals surface area contributed by atoms with E-state index in [0.29, 0.717) is 21.2 Å². The van der Waals surface area contributed by atoms with Crippen molar-refractivity contribution in [2.24, 2.45) is 0 Å². The third kappa shape index (κ3) is 3.03. The number of nitrogens with one attached hydrogen (secondary N) is 1. The summed E-state index contributed by atoms with van der Waals surface area (Å²) in [6.07, 6.45) is 0. The number of benzene rings is 1. The number of halogens is 2. The molecule has 1 heterocycles. The van der Waals surface area contributed by atoms with E-state index in [1.54, 1.807) is 31.2 Å². The van der Waals surface area contributed by atoms with Crippen molar-refractivity contribution in [2.45, 2.75) is 6.92 Å². The number of carbonyl (C=O) groups is 1. The van der Waals surface area contributed by atoms with E-state index in [9.17, 15) is 9.59 Å². The fraction of sp³-hybridized carbons (Fsp3) is 0.143. The first-order valence-electron chi connectivity index (χ1n) is 5.88. The number of H-pyrrole nitrogens is 1. The molecule has 2 rings (SSSR count). The van der Waals surface area contributed by atoms with Crippen LogP contribution in [0.3, 0.4) is 0 Å². The van der Waals surface area contributed by atoms with E-state index < -0.39 is 5.97 Å². The van der Waals surface area contributed by atoms with Gasteiger partial charge in [0.2, 0.25) is 5.56 Å². The van der Waals surface area contributed by atoms with E-state index in [-0.39, 0.29) is 17.9 Å². The lowest BCUT2D eigenvalue weighted by Gasteiger charge is -2.09. The summed E-state index contributed by atoms with van der Waals surface area (Å²) < 4.78 is 4.93. The number of aromatic nitrogens is 1. The normalized spacial score (nSPS) is 10.3. The van der Waals surface area contributed by atoms with Gasteiger partial charge in [0.15, 0.2) is 0 Å². The van der Waals surface area contributed by atoms with Crippen molar-refractivity contribution in [3.63, 3.8) is 0 Å². The van der Waals surface area contributed by atoms with E-state index in [1.807, 2.05) is 0 Å². The van der Waals surface area contributed by atoms with Crippen LogP contribution in [0.4, 0.5) is 0 Å². The van der Waals surface area contributed by atoms with Crippen molar-refractivity contribution in [3.8, 4) is 11.1 Å². The van der Waals surface area contributed by atoms with Crippen LogP contribution in [-0.4, -0.2) is 17.6 Å². The van der Waals surface area contributed by atoms with Gasteiger partial charge in [0.05, 0.1) is 16.7 Å². The monoisotopic (exact) mass is 311 g/mol. The molecule has 1 aromatic heterocycles. The molecule has 0 bridgehead atoms. The van der Waals surface area contributed by atoms with Gasteiger partial charge in [-0.2, -0.15) is 0 Å². The maximum absolute atomic E-state index is 11.9. The Bertz CT molecular complexity index is 710. The van der Waals surface area contributed by atoms with Gasteiger partial charge >= 0.3 is 5.97 Å². The molecule has 104 valence electrons. The Morgan fingerprint density at radius 2 is 1.95 bits per heavy atom. The van der Waals surface area contributed by atoms with Crippen LogP contribution < -0.4 is 5.56 Å². The first-order chi connectivity index (χ1) is 9.52. The number of hydrogen-bond acceptors (Lipinski definition) is 3. The van der Waals surface area contributed by atoms with Crippen molar-refractivity contribution >= 4 is 29.2 Å². The molecule has 0 amide bonds. The number of aromatic amines is 1. The molecule has 4 nitrogen and oxygen atoms in total. The molecule has 0 unspecified atom stereocenters. The Hall–Kier alpha value is -1.78. The summed E-state index contributed by atoms with van der Waals surface area (Å²) in [7, 11) is 0. The van der Waals surface area contributed by atoms with Crippen molar-refractivity contribution < 1.29 is 9.53 Å². The number of carbonyl (C=O) groups excluding carboxylic acids is 1. The second kappa shape index (κ2) is 6.11. The predicted molar refractivity (Wildman–Crippen MR) is 78.5 cm³/mol. The Kier molecular flexibility index (Phi) is 4.47. The van der Waals surface area contributed by atoms with Gasteiger partial charge < -0.3 is 9.72 Å². The lowest BCUT2D eigenvalue weighted by Crippen LogP contribution is -2.15. The molecule has 0 aliphatic rings. The molecule has 0 saturated heterocycles. The van der Waals surface area contributed by atoms with Crippen LogP contribution in [0.2, 0.25) is 10.0 Å². The SMILES string of the molecule is CCOC(=O)c1[nH]c(=O)ccc1-c1ccc(Cl)c(Cl)c1. The summed E-state index contributed by atoms with van der Waals surface area (Å²) in [6.45, 7) is 1.91. The van der Waals surface area contributed by atoms with Crippen LogP contribution in [-0.2, 0) is 4.74 Å². The number of esters is 1. The Morgan fingerprint density at radius 1 is 1.20 bits per heavy atom. The number of rotatable bonds is 3. The third-order valence-corrected chi connectivity index (χ3v) is 3.37. The zero-order valence-corrected chi connectivity index (χ0v) is 12.1. The molecular formula is C14H11Cl2NO3. The van der Waals surface area contributed by atoms with Crippen molar-refractivity contribution in [2.75, 3.05) is 6.61 Å². The minimum Gasteiger partial charge on any atom is -0.461 e. The standard InChI is InChI=1S/C14H11Cl2NO3/c1-2-20-14(19)13-9(4-6-12(18)17-13)8-3-5-10(15)11(16)7-8/h3-7H,2H2,1H3,(H,17,18). The molecule has 0 atom stereocenters. The van der Waals surface area contributed by atoms with Gasteiger partial charge in [0.25, 0.3) is 0 Å². The molecule has 0 aliphatic heterocycles. The Morgan fingerprint density at radius 3 is 2.60 bits per heavy atom. The van der Waals surface area contributed by atoms with E-state index >= 15 is 0 Å². The molecule has 1 N–H and O–H groups in total. The van der Waals surface area contributed by atoms with Crippen LogP contribution in [0.15, 0.2) is 35.1 Å². The highest BCUT2D eigenvalue weighted by molar-refractivity contribution is 6.42. The Balaban J connectivity index is 2.58. The second-order valence-corrected chi connectivity index (χ2v) is 4.78. The van der Waals surface area contributed by atoms with Crippen LogP contribution >= 0.6 is 23.2 Å². The van der Waals surface area contributed by atoms with Crippen molar-refractivity contribution in [1.82, 2.24) is 4.98 Å². The molecule has 0 fully saturated rings. The Labute approximate surface area is 125 Å². The summed E-state index contributed by atoms with van der Waals surface area (Å²) in [6, 6.07) is 7.84. The minimum atomic E-state index is -0.591. The van der Waals surface area contributed by atoms with Gasteiger partial charge in [0, 0.05) is 11.6 Å². The van der Waals surface area contributed by atoms with E-state index in [2.05, 4.69) is 4.98 Å². The highest BCUT2D eigenvalue weighted by atomic mass is 35.5. The highest BCUT2D eigenvalue weighted by Gasteiger charge is 2.15. The molecule has 2 aromatic rings. The predicted octanol–water partition coefficient (Wildman–Crippen LogP) is 3.53. The van der Waals surface area contributed by atoms with E-state index in [1.165, 1.54) is 6.07 Å². The summed E-state index contributed by atoms with van der Waals surface area (Å²) in [5.41, 5.74) is 0.912. The van der Waals surface area contributed by atoms with Gasteiger partial charge in [0.1, 0.15) is 5.69 Å². The first kappa shape index (κ1) is 14.6. The average Bonchev–Trinajstić information content (AvgIpc) is 2.42. The van der Waals surface area contributed by atoms with Gasteiger partial charge in [-0.3, -0.25) is 4.79 Å². The smallest absolute Gasteiger partial charge is 0.355 e. The summed E-state index contributed by atoms with van der Waals surface area (Å²) in [4.78, 5) is 25.8. The highest BCUT2D eigenvalue weighted by Crippen LogP contribution is 2.29. The van der Waals surface area contributed by atoms with Crippen LogP contribution in [0.25, 0.3) is 11.1 Å². The summed E-state index contributed by atoms with van der Waals surface area (Å²) >= 11 is 11.8. The lowest BCUT2D eigenvalue weighted by molar-refractivity contribution is 0.0520. The molecule has 0 saturated carbocycles. The fourth-order valence-electron chi connectivity index (χ4n) is 1.74. The molecule has 0 spiro atoms. The quantitative estimate of drug-likeness (QED) is 0.882. The summed E-state index contributed by atoms with van der Waals surface area (Å²) in [5.74, 6) is -0.591. The van der Waals surface area contributed by atoms with Crippen molar-refractivity contribution in [1.29, 1.82) is 0 Å². The van der Waals surface area contributed by atoms with Crippen LogP contribution in [0, 0.1) is 0 Å². The van der Waals surface area contributed by atoms with Gasteiger partial charge in [-0.15, -0.1) is 0 Å². The van der Waals surface area contributed by atoms with Crippen molar-refractivity contribution in [3.05, 3.63) is 56.4 Å². The maximum atomic E-state index is 11.9. The van der Waals surface area contributed by atoms with Gasteiger partial charge in [-0.25, -0.2) is 4.79 Å². The minimum absolute atomic E-state index is 0.0951. The molecule has 0 radical (unpaired) electrons. The van der Waals surface area contributed by atoms with Gasteiger partial charge in [-0.1, -0.05) is 29.3 Å². The molecular weight excluding hydrogens is 301 g/mol. The zero-order chi connectivity index (χ0) is 14.7. The molecule has 6 heteroatoms. The second-order valence-electron chi connectivity index (χ2n) is 3.96. The summed E-state index contributed by atoms with van der Waals surface area (Å²) in [5, 5.41) is 0.780. The van der Waals surface area contributed by atoms with E-state index in [4.69, 9.17) is 27.9 Å². The topological polar surface area (TPSA) is 59.2 Å². The molecule has 1 aromatic carbocycles. The number of hydrogen-bond donors (Lipinski definition) is 1. The van der Waals surface area contributed by atoms with Gasteiger partial charge in [-0.05, 0) is 30.7 Å². The first-order valence-corrected chi connectivity index (χ1v) is 6.64. The third-order valence-electron chi connectivity index (χ3n) is 2.63. The lowest BCUT2D eigenvalue weighted by atomic mass is 10.0. The zero-order valence-electron chi connectivity index (χ0n) is 10.6. The molecule has 0 aliphatic carbocycles. The van der Waals surface area contributed by atoms with Crippen LogP contribution in [0.1, 0.15) is 17.4 Å². The largest absolute Gasteiger partial charge is 0.461 e. The number of ether oxygens (including phenoxy) is 1. The van der Waals surface area contributed by atoms with E-state index in [0.717, 1.165) is 0 Å². The fourth-order valence-corrected chi connectivity index (χ4v) is 2.04. The van der Waals surface area contributed by atoms with Crippen LogP contribution in [0.5, 0.6) is 0 Å². The maximum Gasteiger partial charge on any atom is 0.355 e. The molecule has 20 heavy (non-hydrogen) atoms. The number of pyridine rings is 1.